The van der Waals surface area contributed by atoms with E-state index in [1.54, 1.807) is 12.3 Å². The Morgan fingerprint density at radius 1 is 1.24 bits per heavy atom. The van der Waals surface area contributed by atoms with Gasteiger partial charge in [0.1, 0.15) is 5.82 Å². The quantitative estimate of drug-likeness (QED) is 0.864. The van der Waals surface area contributed by atoms with Crippen molar-refractivity contribution in [3.8, 4) is 0 Å². The highest BCUT2D eigenvalue weighted by Crippen LogP contribution is 2.29. The van der Waals surface area contributed by atoms with Crippen molar-refractivity contribution in [2.24, 2.45) is 0 Å². The fourth-order valence-corrected chi connectivity index (χ4v) is 1.81. The standard InChI is InChI=1S/C12H11Cl2N3/c1-7-9(13)3-2-4-11(7)17-12-10(14)5-8(15)6-16-12/h2-6H,15H2,1H3,(H,16,17). The van der Waals surface area contributed by atoms with Gasteiger partial charge in [0.05, 0.1) is 16.9 Å². The van der Waals surface area contributed by atoms with Crippen LogP contribution in [-0.4, -0.2) is 4.98 Å². The monoisotopic (exact) mass is 267 g/mol. The first-order chi connectivity index (χ1) is 8.08. The van der Waals surface area contributed by atoms with Crippen LogP contribution in [0.3, 0.4) is 0 Å². The van der Waals surface area contributed by atoms with Gasteiger partial charge >= 0.3 is 0 Å². The Kier molecular flexibility index (Phi) is 3.41. The second kappa shape index (κ2) is 4.82. The Morgan fingerprint density at radius 2 is 2.00 bits per heavy atom. The van der Waals surface area contributed by atoms with E-state index in [2.05, 4.69) is 10.3 Å². The predicted octanol–water partition coefficient (Wildman–Crippen LogP) is 4.02. The van der Waals surface area contributed by atoms with Gasteiger partial charge in [-0.15, -0.1) is 0 Å². The van der Waals surface area contributed by atoms with E-state index in [-0.39, 0.29) is 0 Å². The SMILES string of the molecule is Cc1c(Cl)cccc1Nc1ncc(N)cc1Cl. The maximum Gasteiger partial charge on any atom is 0.149 e. The fourth-order valence-electron chi connectivity index (χ4n) is 1.42. The van der Waals surface area contributed by atoms with Gasteiger partial charge in [-0.1, -0.05) is 29.3 Å². The highest BCUT2D eigenvalue weighted by Gasteiger charge is 2.06. The van der Waals surface area contributed by atoms with Crippen LogP contribution in [0.25, 0.3) is 0 Å². The van der Waals surface area contributed by atoms with Gasteiger partial charge in [-0.25, -0.2) is 4.98 Å². The maximum atomic E-state index is 6.03. The summed E-state index contributed by atoms with van der Waals surface area (Å²) in [5, 5.41) is 4.30. The van der Waals surface area contributed by atoms with E-state index in [9.17, 15) is 0 Å². The zero-order valence-corrected chi connectivity index (χ0v) is 10.7. The van der Waals surface area contributed by atoms with Gasteiger partial charge in [-0.05, 0) is 30.7 Å². The number of halogens is 2. The molecule has 1 heterocycles. The Labute approximate surface area is 110 Å². The van der Waals surface area contributed by atoms with Crippen molar-refractivity contribution in [3.05, 3.63) is 46.1 Å². The van der Waals surface area contributed by atoms with Crippen LogP contribution in [0.4, 0.5) is 17.2 Å². The summed E-state index contributed by atoms with van der Waals surface area (Å²) in [4.78, 5) is 4.13. The van der Waals surface area contributed by atoms with Crippen LogP contribution in [0.5, 0.6) is 0 Å². The Hall–Kier alpha value is -1.45. The molecule has 0 amide bonds. The lowest BCUT2D eigenvalue weighted by Crippen LogP contribution is -1.98. The minimum absolute atomic E-state index is 0.476. The molecular formula is C12H11Cl2N3. The molecule has 0 unspecified atom stereocenters. The van der Waals surface area contributed by atoms with Crippen molar-refractivity contribution in [1.29, 1.82) is 0 Å². The molecule has 0 aliphatic rings. The van der Waals surface area contributed by atoms with E-state index in [4.69, 9.17) is 28.9 Å². The molecule has 1 aromatic heterocycles. The molecule has 0 atom stereocenters. The summed E-state index contributed by atoms with van der Waals surface area (Å²) in [5.41, 5.74) is 7.93. The molecule has 17 heavy (non-hydrogen) atoms. The summed E-state index contributed by atoms with van der Waals surface area (Å²) >= 11 is 12.1. The number of nitrogens with one attached hydrogen (secondary N) is 1. The molecule has 0 radical (unpaired) electrons. The summed E-state index contributed by atoms with van der Waals surface area (Å²) in [5.74, 6) is 0.561. The molecule has 0 saturated carbocycles. The first kappa shape index (κ1) is 12.0. The van der Waals surface area contributed by atoms with Crippen molar-refractivity contribution in [1.82, 2.24) is 4.98 Å². The second-order valence-corrected chi connectivity index (χ2v) is 4.45. The summed E-state index contributed by atoms with van der Waals surface area (Å²) in [6, 6.07) is 7.26. The topological polar surface area (TPSA) is 50.9 Å². The van der Waals surface area contributed by atoms with E-state index in [1.807, 2.05) is 25.1 Å². The van der Waals surface area contributed by atoms with Crippen LogP contribution < -0.4 is 11.1 Å². The van der Waals surface area contributed by atoms with Crippen molar-refractivity contribution in [2.75, 3.05) is 11.1 Å². The Balaban J connectivity index is 2.35. The van der Waals surface area contributed by atoms with Crippen LogP contribution in [-0.2, 0) is 0 Å². The molecule has 88 valence electrons. The van der Waals surface area contributed by atoms with Gasteiger partial charge in [0.25, 0.3) is 0 Å². The highest BCUT2D eigenvalue weighted by atomic mass is 35.5. The highest BCUT2D eigenvalue weighted by molar-refractivity contribution is 6.33. The minimum Gasteiger partial charge on any atom is -0.397 e. The summed E-state index contributed by atoms with van der Waals surface area (Å²) in [7, 11) is 0. The molecule has 0 spiro atoms. The number of aromatic nitrogens is 1. The molecule has 3 N–H and O–H groups in total. The number of nitrogen functional groups attached to an aromatic ring is 1. The van der Waals surface area contributed by atoms with E-state index < -0.39 is 0 Å². The molecular weight excluding hydrogens is 257 g/mol. The minimum atomic E-state index is 0.476. The first-order valence-electron chi connectivity index (χ1n) is 5.01. The average Bonchev–Trinajstić information content (AvgIpc) is 2.28. The molecule has 5 heteroatoms. The third-order valence-corrected chi connectivity index (χ3v) is 3.08. The summed E-state index contributed by atoms with van der Waals surface area (Å²) in [6.07, 6.45) is 1.55. The van der Waals surface area contributed by atoms with Gasteiger partial charge in [0, 0.05) is 10.7 Å². The van der Waals surface area contributed by atoms with Gasteiger partial charge in [0.15, 0.2) is 0 Å². The first-order valence-corrected chi connectivity index (χ1v) is 5.76. The van der Waals surface area contributed by atoms with Gasteiger partial charge in [-0.3, -0.25) is 0 Å². The van der Waals surface area contributed by atoms with Gasteiger partial charge < -0.3 is 11.1 Å². The van der Waals surface area contributed by atoms with Crippen LogP contribution in [0.2, 0.25) is 10.0 Å². The normalized spacial score (nSPS) is 10.3. The van der Waals surface area contributed by atoms with Crippen LogP contribution in [0, 0.1) is 6.92 Å². The fraction of sp³-hybridized carbons (Fsp3) is 0.0833. The van der Waals surface area contributed by atoms with Crippen LogP contribution in [0.1, 0.15) is 5.56 Å². The summed E-state index contributed by atoms with van der Waals surface area (Å²) in [6.45, 7) is 1.93. The lowest BCUT2D eigenvalue weighted by molar-refractivity contribution is 1.30. The molecule has 1 aromatic carbocycles. The van der Waals surface area contributed by atoms with Gasteiger partial charge in [0.2, 0.25) is 0 Å². The maximum absolute atomic E-state index is 6.03. The summed E-state index contributed by atoms with van der Waals surface area (Å²) < 4.78 is 0. The van der Waals surface area contributed by atoms with Crippen molar-refractivity contribution in [2.45, 2.75) is 6.92 Å². The third kappa shape index (κ3) is 2.62. The molecule has 3 nitrogen and oxygen atoms in total. The van der Waals surface area contributed by atoms with Crippen molar-refractivity contribution < 1.29 is 0 Å². The number of rotatable bonds is 2. The molecule has 0 aliphatic heterocycles. The van der Waals surface area contributed by atoms with E-state index >= 15 is 0 Å². The van der Waals surface area contributed by atoms with Crippen molar-refractivity contribution in [3.63, 3.8) is 0 Å². The average molecular weight is 268 g/mol. The number of hydrogen-bond donors (Lipinski definition) is 2. The molecule has 2 rings (SSSR count). The smallest absolute Gasteiger partial charge is 0.149 e. The third-order valence-electron chi connectivity index (χ3n) is 2.38. The zero-order valence-electron chi connectivity index (χ0n) is 9.17. The molecule has 0 fully saturated rings. The number of pyridine rings is 1. The molecule has 0 saturated heterocycles. The zero-order chi connectivity index (χ0) is 12.4. The Bertz CT molecular complexity index is 555. The number of nitrogens with two attached hydrogens (primary N) is 1. The van der Waals surface area contributed by atoms with Crippen LogP contribution >= 0.6 is 23.2 Å². The van der Waals surface area contributed by atoms with E-state index in [1.165, 1.54) is 0 Å². The molecule has 0 aliphatic carbocycles. The lowest BCUT2D eigenvalue weighted by atomic mass is 10.2. The number of hydrogen-bond acceptors (Lipinski definition) is 3. The number of anilines is 3. The van der Waals surface area contributed by atoms with E-state index in [0.717, 1.165) is 11.3 Å². The molecule has 2 aromatic rings. The number of benzene rings is 1. The molecule has 0 bridgehead atoms. The lowest BCUT2D eigenvalue weighted by Gasteiger charge is -2.11. The predicted molar refractivity (Wildman–Crippen MR) is 73.1 cm³/mol. The van der Waals surface area contributed by atoms with Crippen LogP contribution in [0.15, 0.2) is 30.5 Å². The Morgan fingerprint density at radius 3 is 2.71 bits per heavy atom. The van der Waals surface area contributed by atoms with E-state index in [0.29, 0.717) is 21.6 Å². The van der Waals surface area contributed by atoms with Gasteiger partial charge in [-0.2, -0.15) is 0 Å². The second-order valence-electron chi connectivity index (χ2n) is 3.64. The number of nitrogens with zero attached hydrogens (tertiary/aromatic N) is 1. The van der Waals surface area contributed by atoms with Crippen molar-refractivity contribution >= 4 is 40.4 Å². The largest absolute Gasteiger partial charge is 0.397 e.